The SMILES string of the molecule is Cn1c(-c2csc(C(N)C(C)(C)C)n2)nc2ccccc21. The molecule has 4 nitrogen and oxygen atoms in total. The van der Waals surface area contributed by atoms with E-state index in [2.05, 4.69) is 36.4 Å². The first-order valence-corrected chi connectivity index (χ1v) is 7.89. The molecule has 21 heavy (non-hydrogen) atoms. The molecule has 110 valence electrons. The fraction of sp³-hybridized carbons (Fsp3) is 0.375. The van der Waals surface area contributed by atoms with Crippen LogP contribution in [0, 0.1) is 5.41 Å². The van der Waals surface area contributed by atoms with Gasteiger partial charge in [-0.1, -0.05) is 32.9 Å². The molecule has 1 unspecified atom stereocenters. The molecule has 2 heterocycles. The van der Waals surface area contributed by atoms with Gasteiger partial charge in [0, 0.05) is 12.4 Å². The van der Waals surface area contributed by atoms with E-state index in [1.807, 2.05) is 30.6 Å². The number of fused-ring (bicyclic) bond motifs is 1. The maximum atomic E-state index is 6.30. The third kappa shape index (κ3) is 2.47. The highest BCUT2D eigenvalue weighted by atomic mass is 32.1. The number of thiazole rings is 1. The number of imidazole rings is 1. The summed E-state index contributed by atoms with van der Waals surface area (Å²) in [6.45, 7) is 6.40. The zero-order valence-corrected chi connectivity index (χ0v) is 13.6. The van der Waals surface area contributed by atoms with Crippen LogP contribution >= 0.6 is 11.3 Å². The van der Waals surface area contributed by atoms with Crippen LogP contribution in [0.5, 0.6) is 0 Å². The standard InChI is InChI=1S/C16H20N4S/c1-16(2,3)13(17)15-19-11(9-21-15)14-18-10-7-5-6-8-12(10)20(14)4/h5-9,13H,17H2,1-4H3. The third-order valence-electron chi connectivity index (χ3n) is 3.74. The lowest BCUT2D eigenvalue weighted by Gasteiger charge is -2.24. The molecule has 1 atom stereocenters. The van der Waals surface area contributed by atoms with Crippen LogP contribution in [-0.2, 0) is 7.05 Å². The fourth-order valence-electron chi connectivity index (χ4n) is 2.28. The smallest absolute Gasteiger partial charge is 0.160 e. The van der Waals surface area contributed by atoms with Crippen molar-refractivity contribution >= 4 is 22.4 Å². The first kappa shape index (κ1) is 14.2. The van der Waals surface area contributed by atoms with Crippen molar-refractivity contribution in [3.63, 3.8) is 0 Å². The van der Waals surface area contributed by atoms with Crippen molar-refractivity contribution in [3.05, 3.63) is 34.7 Å². The van der Waals surface area contributed by atoms with Crippen LogP contribution in [0.4, 0.5) is 0 Å². The molecule has 3 rings (SSSR count). The Bertz CT molecular complexity index is 779. The first-order chi connectivity index (χ1) is 9.88. The lowest BCUT2D eigenvalue weighted by molar-refractivity contribution is 0.326. The van der Waals surface area contributed by atoms with E-state index in [1.165, 1.54) is 0 Å². The number of para-hydroxylation sites is 2. The molecule has 0 amide bonds. The van der Waals surface area contributed by atoms with Crippen molar-refractivity contribution in [2.45, 2.75) is 26.8 Å². The molecule has 1 aromatic carbocycles. The van der Waals surface area contributed by atoms with E-state index in [-0.39, 0.29) is 11.5 Å². The Kier molecular flexibility index (Phi) is 3.34. The minimum absolute atomic E-state index is 0.00146. The van der Waals surface area contributed by atoms with E-state index in [0.29, 0.717) is 0 Å². The molecule has 0 aliphatic carbocycles. The van der Waals surface area contributed by atoms with Crippen LogP contribution in [-0.4, -0.2) is 14.5 Å². The van der Waals surface area contributed by atoms with Crippen molar-refractivity contribution in [1.82, 2.24) is 14.5 Å². The Balaban J connectivity index is 2.04. The number of benzene rings is 1. The Labute approximate surface area is 128 Å². The predicted octanol–water partition coefficient (Wildman–Crippen LogP) is 3.74. The molecular weight excluding hydrogens is 280 g/mol. The van der Waals surface area contributed by atoms with E-state index in [4.69, 9.17) is 10.7 Å². The molecule has 0 saturated heterocycles. The topological polar surface area (TPSA) is 56.7 Å². The first-order valence-electron chi connectivity index (χ1n) is 7.01. The van der Waals surface area contributed by atoms with Gasteiger partial charge in [0.1, 0.15) is 10.7 Å². The van der Waals surface area contributed by atoms with Crippen molar-refractivity contribution in [3.8, 4) is 11.5 Å². The minimum Gasteiger partial charge on any atom is -0.326 e. The van der Waals surface area contributed by atoms with Crippen LogP contribution in [0.3, 0.4) is 0 Å². The second-order valence-electron chi connectivity index (χ2n) is 6.40. The Morgan fingerprint density at radius 2 is 1.90 bits per heavy atom. The summed E-state index contributed by atoms with van der Waals surface area (Å²) in [5, 5.41) is 3.01. The van der Waals surface area contributed by atoms with Crippen molar-refractivity contribution < 1.29 is 0 Å². The molecule has 0 fully saturated rings. The average molecular weight is 300 g/mol. The lowest BCUT2D eigenvalue weighted by atomic mass is 9.88. The van der Waals surface area contributed by atoms with Gasteiger partial charge in [-0.25, -0.2) is 9.97 Å². The number of aromatic nitrogens is 3. The van der Waals surface area contributed by atoms with Crippen molar-refractivity contribution in [2.24, 2.45) is 18.2 Å². The number of rotatable bonds is 2. The number of nitrogens with two attached hydrogens (primary N) is 1. The molecule has 0 saturated carbocycles. The minimum atomic E-state index is -0.0639. The maximum absolute atomic E-state index is 6.30. The molecule has 0 radical (unpaired) electrons. The number of hydrogen-bond donors (Lipinski definition) is 1. The summed E-state index contributed by atoms with van der Waals surface area (Å²) in [5.41, 5.74) is 9.30. The maximum Gasteiger partial charge on any atom is 0.160 e. The van der Waals surface area contributed by atoms with Crippen LogP contribution in [0.15, 0.2) is 29.6 Å². The Hall–Kier alpha value is -1.72. The normalized spacial score (nSPS) is 13.8. The van der Waals surface area contributed by atoms with E-state index in [9.17, 15) is 0 Å². The second kappa shape index (κ2) is 4.93. The molecule has 0 spiro atoms. The summed E-state index contributed by atoms with van der Waals surface area (Å²) >= 11 is 1.61. The second-order valence-corrected chi connectivity index (χ2v) is 7.29. The van der Waals surface area contributed by atoms with Crippen LogP contribution in [0.25, 0.3) is 22.6 Å². The molecule has 0 aliphatic heterocycles. The van der Waals surface area contributed by atoms with Crippen LogP contribution in [0.2, 0.25) is 0 Å². The number of aryl methyl sites for hydroxylation is 1. The molecule has 2 aromatic heterocycles. The summed E-state index contributed by atoms with van der Waals surface area (Å²) in [4.78, 5) is 9.40. The molecule has 0 aliphatic rings. The highest BCUT2D eigenvalue weighted by Crippen LogP contribution is 2.34. The molecule has 3 aromatic rings. The molecule has 2 N–H and O–H groups in total. The van der Waals surface area contributed by atoms with Crippen LogP contribution < -0.4 is 5.73 Å². The lowest BCUT2D eigenvalue weighted by Crippen LogP contribution is -2.26. The Morgan fingerprint density at radius 3 is 2.57 bits per heavy atom. The summed E-state index contributed by atoms with van der Waals surface area (Å²) in [6, 6.07) is 8.05. The van der Waals surface area contributed by atoms with Gasteiger partial charge in [0.05, 0.1) is 17.1 Å². The van der Waals surface area contributed by atoms with Gasteiger partial charge in [-0.3, -0.25) is 0 Å². The highest BCUT2D eigenvalue weighted by molar-refractivity contribution is 7.10. The van der Waals surface area contributed by atoms with Gasteiger partial charge < -0.3 is 10.3 Å². The van der Waals surface area contributed by atoms with Gasteiger partial charge in [0.25, 0.3) is 0 Å². The van der Waals surface area contributed by atoms with Crippen molar-refractivity contribution in [1.29, 1.82) is 0 Å². The Morgan fingerprint density at radius 1 is 1.19 bits per heavy atom. The van der Waals surface area contributed by atoms with Crippen molar-refractivity contribution in [2.75, 3.05) is 0 Å². The van der Waals surface area contributed by atoms with Gasteiger partial charge in [-0.15, -0.1) is 11.3 Å². The monoisotopic (exact) mass is 300 g/mol. The number of nitrogens with zero attached hydrogens (tertiary/aromatic N) is 3. The summed E-state index contributed by atoms with van der Waals surface area (Å²) in [6.07, 6.45) is 0. The van der Waals surface area contributed by atoms with Gasteiger partial charge >= 0.3 is 0 Å². The van der Waals surface area contributed by atoms with E-state index >= 15 is 0 Å². The largest absolute Gasteiger partial charge is 0.326 e. The number of hydrogen-bond acceptors (Lipinski definition) is 4. The van der Waals surface area contributed by atoms with E-state index in [0.717, 1.165) is 27.6 Å². The third-order valence-corrected chi connectivity index (χ3v) is 4.67. The summed E-state index contributed by atoms with van der Waals surface area (Å²) in [7, 11) is 2.02. The summed E-state index contributed by atoms with van der Waals surface area (Å²) in [5.74, 6) is 0.889. The van der Waals surface area contributed by atoms with E-state index in [1.54, 1.807) is 11.3 Å². The molecule has 5 heteroatoms. The predicted molar refractivity (Wildman–Crippen MR) is 88.2 cm³/mol. The van der Waals surface area contributed by atoms with Crippen LogP contribution in [0.1, 0.15) is 31.8 Å². The zero-order valence-electron chi connectivity index (χ0n) is 12.8. The van der Waals surface area contributed by atoms with E-state index < -0.39 is 0 Å². The highest BCUT2D eigenvalue weighted by Gasteiger charge is 2.25. The average Bonchev–Trinajstić information content (AvgIpc) is 3.02. The van der Waals surface area contributed by atoms with Gasteiger partial charge in [0.2, 0.25) is 0 Å². The van der Waals surface area contributed by atoms with Gasteiger partial charge in [-0.05, 0) is 17.5 Å². The van der Waals surface area contributed by atoms with Gasteiger partial charge in [0.15, 0.2) is 5.82 Å². The molecule has 0 bridgehead atoms. The zero-order chi connectivity index (χ0) is 15.2. The van der Waals surface area contributed by atoms with Gasteiger partial charge in [-0.2, -0.15) is 0 Å². The molecular formula is C16H20N4S. The fourth-order valence-corrected chi connectivity index (χ4v) is 3.32. The quantitative estimate of drug-likeness (QED) is 0.784. The summed E-state index contributed by atoms with van der Waals surface area (Å²) < 4.78 is 2.08.